The van der Waals surface area contributed by atoms with Crippen molar-refractivity contribution in [3.8, 4) is 0 Å². The number of fused-ring (bicyclic) bond motifs is 2. The van der Waals surface area contributed by atoms with Crippen LogP contribution in [0.25, 0.3) is 21.9 Å². The monoisotopic (exact) mass is 508 g/mol. The van der Waals surface area contributed by atoms with Crippen molar-refractivity contribution in [3.63, 3.8) is 0 Å². The van der Waals surface area contributed by atoms with Gasteiger partial charge in [-0.1, -0.05) is 15.9 Å². The first-order valence-corrected chi connectivity index (χ1v) is 12.3. The molecule has 0 bridgehead atoms. The van der Waals surface area contributed by atoms with Gasteiger partial charge in [0.15, 0.2) is 0 Å². The molecule has 33 heavy (non-hydrogen) atoms. The van der Waals surface area contributed by atoms with E-state index in [-0.39, 0.29) is 17.5 Å². The van der Waals surface area contributed by atoms with Crippen LogP contribution in [0, 0.1) is 11.7 Å². The van der Waals surface area contributed by atoms with E-state index in [1.807, 2.05) is 24.4 Å². The highest BCUT2D eigenvalue weighted by molar-refractivity contribution is 9.10. The Morgan fingerprint density at radius 3 is 2.73 bits per heavy atom. The Labute approximate surface area is 200 Å². The zero-order valence-electron chi connectivity index (χ0n) is 18.5. The van der Waals surface area contributed by atoms with Crippen LogP contribution >= 0.6 is 15.9 Å². The number of aromatic nitrogens is 1. The van der Waals surface area contributed by atoms with E-state index in [0.29, 0.717) is 17.4 Å². The normalized spacial score (nSPS) is 19.6. The van der Waals surface area contributed by atoms with Gasteiger partial charge in [0.1, 0.15) is 11.4 Å². The maximum absolute atomic E-state index is 13.8. The average molecular weight is 509 g/mol. The highest BCUT2D eigenvalue weighted by Crippen LogP contribution is 2.40. The fraction of sp³-hybridized carbons (Fsp3) is 0.333. The molecule has 1 fully saturated rings. The molecule has 1 atom stereocenters. The zero-order valence-corrected chi connectivity index (χ0v) is 20.1. The maximum atomic E-state index is 13.8. The van der Waals surface area contributed by atoms with Crippen LogP contribution in [-0.2, 0) is 0 Å². The van der Waals surface area contributed by atoms with Crippen molar-refractivity contribution in [3.05, 3.63) is 81.0 Å². The van der Waals surface area contributed by atoms with E-state index in [2.05, 4.69) is 39.2 Å². The lowest BCUT2D eigenvalue weighted by molar-refractivity contribution is 0.302. The van der Waals surface area contributed by atoms with E-state index >= 15 is 0 Å². The molecule has 6 heteroatoms. The largest absolute Gasteiger partial charge is 0.423 e. The first-order valence-electron chi connectivity index (χ1n) is 11.5. The molecule has 4 aromatic rings. The Morgan fingerprint density at radius 1 is 1.09 bits per heavy atom. The van der Waals surface area contributed by atoms with E-state index in [1.165, 1.54) is 17.7 Å². The van der Waals surface area contributed by atoms with Crippen molar-refractivity contribution in [1.82, 2.24) is 4.98 Å². The van der Waals surface area contributed by atoms with Crippen LogP contribution < -0.4 is 10.9 Å². The van der Waals surface area contributed by atoms with Crippen molar-refractivity contribution < 1.29 is 8.81 Å². The lowest BCUT2D eigenvalue weighted by atomic mass is 9.76. The molecule has 1 aliphatic rings. The summed E-state index contributed by atoms with van der Waals surface area (Å²) >= 11 is 3.43. The number of hydrogen-bond donors (Lipinski definition) is 1. The van der Waals surface area contributed by atoms with E-state index in [4.69, 9.17) is 4.42 Å². The highest BCUT2D eigenvalue weighted by atomic mass is 79.9. The second-order valence-corrected chi connectivity index (χ2v) is 10.1. The van der Waals surface area contributed by atoms with Crippen LogP contribution in [0.15, 0.2) is 68.4 Å². The number of halogens is 2. The Balaban J connectivity index is 1.25. The van der Waals surface area contributed by atoms with Gasteiger partial charge in [0, 0.05) is 33.6 Å². The van der Waals surface area contributed by atoms with Gasteiger partial charge in [-0.25, -0.2) is 9.18 Å². The summed E-state index contributed by atoms with van der Waals surface area (Å²) in [6, 6.07) is 14.4. The minimum absolute atomic E-state index is 0.208. The van der Waals surface area contributed by atoms with Crippen LogP contribution in [0.2, 0.25) is 0 Å². The standard InChI is InChI=1S/C27H26BrFN2O2/c1-16(31-25-15-27(32)33-26-13-19(28)6-8-22(25)26)12-17-2-4-18(5-3-17)21-10-11-30-24-9-7-20(29)14-23(21)24/h6-11,13-18,31H,2-5,12H2,1H3/t16?,17-,18-. The van der Waals surface area contributed by atoms with Gasteiger partial charge in [-0.3, -0.25) is 4.98 Å². The molecule has 170 valence electrons. The quantitative estimate of drug-likeness (QED) is 0.285. The van der Waals surface area contributed by atoms with Gasteiger partial charge < -0.3 is 9.73 Å². The second kappa shape index (κ2) is 9.26. The molecule has 1 aliphatic carbocycles. The van der Waals surface area contributed by atoms with Gasteiger partial charge in [-0.15, -0.1) is 0 Å². The van der Waals surface area contributed by atoms with Crippen LogP contribution in [0.4, 0.5) is 10.1 Å². The molecule has 2 aromatic carbocycles. The summed E-state index contributed by atoms with van der Waals surface area (Å²) in [5.41, 5.74) is 3.13. The third-order valence-electron chi connectivity index (χ3n) is 6.82. The predicted octanol–water partition coefficient (Wildman–Crippen LogP) is 7.41. The highest BCUT2D eigenvalue weighted by Gasteiger charge is 2.25. The minimum atomic E-state index is -0.350. The molecule has 0 aliphatic heterocycles. The predicted molar refractivity (Wildman–Crippen MR) is 134 cm³/mol. The van der Waals surface area contributed by atoms with E-state index in [0.717, 1.165) is 58.6 Å². The Morgan fingerprint density at radius 2 is 1.91 bits per heavy atom. The molecule has 0 saturated heterocycles. The van der Waals surface area contributed by atoms with Gasteiger partial charge in [0.25, 0.3) is 0 Å². The smallest absolute Gasteiger partial charge is 0.338 e. The Bertz CT molecular complexity index is 1360. The molecular weight excluding hydrogens is 483 g/mol. The first kappa shape index (κ1) is 22.1. The second-order valence-electron chi connectivity index (χ2n) is 9.18. The van der Waals surface area contributed by atoms with E-state index in [1.54, 1.807) is 12.1 Å². The van der Waals surface area contributed by atoms with Crippen LogP contribution in [-0.4, -0.2) is 11.0 Å². The summed E-state index contributed by atoms with van der Waals surface area (Å²) < 4.78 is 20.1. The molecule has 1 N–H and O–H groups in total. The molecule has 4 nitrogen and oxygen atoms in total. The summed E-state index contributed by atoms with van der Waals surface area (Å²) in [6.07, 6.45) is 7.35. The fourth-order valence-electron chi connectivity index (χ4n) is 5.29. The van der Waals surface area contributed by atoms with Crippen LogP contribution in [0.3, 0.4) is 0 Å². The molecule has 0 radical (unpaired) electrons. The molecule has 2 heterocycles. The minimum Gasteiger partial charge on any atom is -0.423 e. The van der Waals surface area contributed by atoms with Crippen molar-refractivity contribution in [1.29, 1.82) is 0 Å². The Hall–Kier alpha value is -2.73. The van der Waals surface area contributed by atoms with Crippen molar-refractivity contribution in [2.24, 2.45) is 5.92 Å². The summed E-state index contributed by atoms with van der Waals surface area (Å²) in [6.45, 7) is 2.17. The lowest BCUT2D eigenvalue weighted by Crippen LogP contribution is -2.23. The maximum Gasteiger partial charge on any atom is 0.338 e. The van der Waals surface area contributed by atoms with Crippen molar-refractivity contribution in [2.45, 2.75) is 51.0 Å². The molecule has 5 rings (SSSR count). The molecule has 1 unspecified atom stereocenters. The topological polar surface area (TPSA) is 55.1 Å². The summed E-state index contributed by atoms with van der Waals surface area (Å²) in [5.74, 6) is 0.854. The number of pyridine rings is 1. The van der Waals surface area contributed by atoms with Crippen molar-refractivity contribution in [2.75, 3.05) is 5.32 Å². The third-order valence-corrected chi connectivity index (χ3v) is 7.31. The average Bonchev–Trinajstić information content (AvgIpc) is 2.78. The van der Waals surface area contributed by atoms with Crippen molar-refractivity contribution >= 4 is 43.5 Å². The van der Waals surface area contributed by atoms with Gasteiger partial charge in [0.05, 0.1) is 11.2 Å². The third kappa shape index (κ3) is 4.81. The SMILES string of the molecule is CC(C[C@H]1CC[C@H](c2ccnc3ccc(F)cc32)CC1)Nc1cc(=O)oc2cc(Br)ccc12. The lowest BCUT2D eigenvalue weighted by Gasteiger charge is -2.31. The number of nitrogens with one attached hydrogen (secondary N) is 1. The number of rotatable bonds is 5. The number of anilines is 1. The van der Waals surface area contributed by atoms with E-state index in [9.17, 15) is 9.18 Å². The van der Waals surface area contributed by atoms with Gasteiger partial charge in [-0.05, 0) is 98.9 Å². The fourth-order valence-corrected chi connectivity index (χ4v) is 5.63. The Kier molecular flexibility index (Phi) is 6.19. The summed E-state index contributed by atoms with van der Waals surface area (Å²) in [5, 5.41) is 5.39. The van der Waals surface area contributed by atoms with Gasteiger partial charge in [0.2, 0.25) is 0 Å². The number of hydrogen-bond acceptors (Lipinski definition) is 4. The zero-order chi connectivity index (χ0) is 22.9. The van der Waals surface area contributed by atoms with Gasteiger partial charge >= 0.3 is 5.63 Å². The number of nitrogens with zero attached hydrogens (tertiary/aromatic N) is 1. The first-order chi connectivity index (χ1) is 16.0. The summed E-state index contributed by atoms with van der Waals surface area (Å²) in [7, 11) is 0. The van der Waals surface area contributed by atoms with Gasteiger partial charge in [-0.2, -0.15) is 0 Å². The molecule has 0 amide bonds. The summed E-state index contributed by atoms with van der Waals surface area (Å²) in [4.78, 5) is 16.4. The van der Waals surface area contributed by atoms with Crippen LogP contribution in [0.5, 0.6) is 0 Å². The van der Waals surface area contributed by atoms with E-state index < -0.39 is 0 Å². The molecule has 2 aromatic heterocycles. The molecular formula is C27H26BrFN2O2. The molecule has 0 spiro atoms. The molecule has 1 saturated carbocycles. The number of benzene rings is 2. The van der Waals surface area contributed by atoms with Crippen LogP contribution in [0.1, 0.15) is 50.5 Å².